The van der Waals surface area contributed by atoms with Gasteiger partial charge in [0.15, 0.2) is 0 Å². The molecule has 0 radical (unpaired) electrons. The summed E-state index contributed by atoms with van der Waals surface area (Å²) in [7, 11) is 0. The Balaban J connectivity index is 1.83. The fraction of sp³-hybridized carbons (Fsp3) is 0.588. The van der Waals surface area contributed by atoms with Crippen LogP contribution >= 0.6 is 15.9 Å². The Morgan fingerprint density at radius 2 is 1.85 bits per heavy atom. The molecular weight excluding hydrogens is 314 g/mol. The summed E-state index contributed by atoms with van der Waals surface area (Å²) in [6.45, 7) is 2.87. The summed E-state index contributed by atoms with van der Waals surface area (Å²) in [5.41, 5.74) is 2.60. The summed E-state index contributed by atoms with van der Waals surface area (Å²) in [5, 5.41) is 4.13. The maximum absolute atomic E-state index is 12.1. The molecule has 3 heteroatoms. The summed E-state index contributed by atoms with van der Waals surface area (Å²) in [5.74, 6) is 0.139. The van der Waals surface area contributed by atoms with E-state index in [1.54, 1.807) is 0 Å². The van der Waals surface area contributed by atoms with Crippen LogP contribution in [0, 0.1) is 12.3 Å². The number of rotatable bonds is 5. The van der Waals surface area contributed by atoms with Gasteiger partial charge >= 0.3 is 0 Å². The van der Waals surface area contributed by atoms with Crippen molar-refractivity contribution in [3.63, 3.8) is 0 Å². The van der Waals surface area contributed by atoms with E-state index in [1.165, 1.54) is 37.7 Å². The summed E-state index contributed by atoms with van der Waals surface area (Å²) in [6, 6.07) is 8.19. The van der Waals surface area contributed by atoms with Crippen molar-refractivity contribution < 1.29 is 4.79 Å². The van der Waals surface area contributed by atoms with E-state index in [9.17, 15) is 4.79 Å². The highest BCUT2D eigenvalue weighted by Crippen LogP contribution is 2.37. The molecule has 1 fully saturated rings. The zero-order valence-electron chi connectivity index (χ0n) is 12.3. The van der Waals surface area contributed by atoms with E-state index in [4.69, 9.17) is 0 Å². The molecule has 1 aromatic carbocycles. The van der Waals surface area contributed by atoms with E-state index in [2.05, 4.69) is 40.3 Å². The van der Waals surface area contributed by atoms with Gasteiger partial charge in [0.05, 0.1) is 6.42 Å². The first kappa shape index (κ1) is 15.6. The molecule has 110 valence electrons. The van der Waals surface area contributed by atoms with Gasteiger partial charge in [-0.15, -0.1) is 0 Å². The first-order valence-corrected chi connectivity index (χ1v) is 8.64. The highest BCUT2D eigenvalue weighted by Gasteiger charge is 2.31. The van der Waals surface area contributed by atoms with E-state index in [-0.39, 0.29) is 11.3 Å². The third-order valence-electron chi connectivity index (χ3n) is 4.34. The van der Waals surface area contributed by atoms with Gasteiger partial charge < -0.3 is 5.32 Å². The number of alkyl halides is 1. The summed E-state index contributed by atoms with van der Waals surface area (Å²) >= 11 is 3.64. The number of nitrogens with one attached hydrogen (secondary N) is 1. The fourth-order valence-electron chi connectivity index (χ4n) is 2.90. The van der Waals surface area contributed by atoms with E-state index < -0.39 is 0 Å². The second kappa shape index (κ2) is 7.26. The molecule has 0 heterocycles. The lowest BCUT2D eigenvalue weighted by Gasteiger charge is -2.35. The number of benzene rings is 1. The van der Waals surface area contributed by atoms with Crippen LogP contribution < -0.4 is 5.32 Å². The second-order valence-electron chi connectivity index (χ2n) is 6.13. The van der Waals surface area contributed by atoms with Crippen molar-refractivity contribution in [3.05, 3.63) is 35.4 Å². The summed E-state index contributed by atoms with van der Waals surface area (Å²) in [4.78, 5) is 12.1. The highest BCUT2D eigenvalue weighted by atomic mass is 79.9. The molecule has 2 rings (SSSR count). The standard InChI is InChI=1S/C17H24BrNO/c1-14-5-7-15(8-6-14)11-16(20)19-13-17(12-18)9-3-2-4-10-17/h5-8H,2-4,9-13H2,1H3,(H,19,20). The van der Waals surface area contributed by atoms with Crippen LogP contribution in [-0.2, 0) is 11.2 Å². The van der Waals surface area contributed by atoms with Gasteiger partial charge in [-0.3, -0.25) is 4.79 Å². The van der Waals surface area contributed by atoms with Gasteiger partial charge in [-0.2, -0.15) is 0 Å². The zero-order valence-corrected chi connectivity index (χ0v) is 13.8. The Morgan fingerprint density at radius 3 is 2.45 bits per heavy atom. The summed E-state index contributed by atoms with van der Waals surface area (Å²) < 4.78 is 0. The molecule has 1 amide bonds. The molecule has 0 aliphatic heterocycles. The number of carbonyl (C=O) groups is 1. The minimum Gasteiger partial charge on any atom is -0.355 e. The maximum Gasteiger partial charge on any atom is 0.224 e. The first-order valence-electron chi connectivity index (χ1n) is 7.52. The number of aryl methyl sites for hydroxylation is 1. The molecule has 0 atom stereocenters. The van der Waals surface area contributed by atoms with Crippen LogP contribution in [0.5, 0.6) is 0 Å². The van der Waals surface area contributed by atoms with Crippen LogP contribution in [0.3, 0.4) is 0 Å². The van der Waals surface area contributed by atoms with Crippen LogP contribution in [0.2, 0.25) is 0 Å². The number of hydrogen-bond donors (Lipinski definition) is 1. The molecule has 1 saturated carbocycles. The number of amides is 1. The van der Waals surface area contributed by atoms with Crippen molar-refractivity contribution >= 4 is 21.8 Å². The lowest BCUT2D eigenvalue weighted by Crippen LogP contribution is -2.40. The van der Waals surface area contributed by atoms with Crippen LogP contribution in [-0.4, -0.2) is 17.8 Å². The van der Waals surface area contributed by atoms with Gasteiger partial charge in [0.1, 0.15) is 0 Å². The Bertz CT molecular complexity index is 435. The van der Waals surface area contributed by atoms with E-state index in [0.29, 0.717) is 6.42 Å². The molecule has 2 nitrogen and oxygen atoms in total. The fourth-order valence-corrected chi connectivity index (χ4v) is 3.66. The Morgan fingerprint density at radius 1 is 1.20 bits per heavy atom. The van der Waals surface area contributed by atoms with Gasteiger partial charge in [-0.25, -0.2) is 0 Å². The number of hydrogen-bond acceptors (Lipinski definition) is 1. The van der Waals surface area contributed by atoms with Crippen LogP contribution in [0.4, 0.5) is 0 Å². The normalized spacial score (nSPS) is 17.7. The van der Waals surface area contributed by atoms with Crippen LogP contribution in [0.15, 0.2) is 24.3 Å². The average molecular weight is 338 g/mol. The van der Waals surface area contributed by atoms with E-state index >= 15 is 0 Å². The van der Waals surface area contributed by atoms with Crippen molar-refractivity contribution in [1.29, 1.82) is 0 Å². The van der Waals surface area contributed by atoms with Gasteiger partial charge in [0.25, 0.3) is 0 Å². The van der Waals surface area contributed by atoms with Gasteiger partial charge in [0.2, 0.25) is 5.91 Å². The highest BCUT2D eigenvalue weighted by molar-refractivity contribution is 9.09. The third kappa shape index (κ3) is 4.34. The van der Waals surface area contributed by atoms with Crippen molar-refractivity contribution in [1.82, 2.24) is 5.32 Å². The van der Waals surface area contributed by atoms with Gasteiger partial charge in [0, 0.05) is 11.9 Å². The number of halogens is 1. The molecule has 1 aromatic rings. The predicted octanol–water partition coefficient (Wildman–Crippen LogP) is 4.00. The van der Waals surface area contributed by atoms with Crippen LogP contribution in [0.25, 0.3) is 0 Å². The molecule has 0 unspecified atom stereocenters. The van der Waals surface area contributed by atoms with Gasteiger partial charge in [-0.1, -0.05) is 65.0 Å². The monoisotopic (exact) mass is 337 g/mol. The van der Waals surface area contributed by atoms with Crippen molar-refractivity contribution in [2.75, 3.05) is 11.9 Å². The lowest BCUT2D eigenvalue weighted by molar-refractivity contribution is -0.121. The Labute approximate surface area is 130 Å². The molecule has 20 heavy (non-hydrogen) atoms. The van der Waals surface area contributed by atoms with Crippen molar-refractivity contribution in [2.24, 2.45) is 5.41 Å². The molecule has 0 aromatic heterocycles. The minimum atomic E-state index is 0.139. The van der Waals surface area contributed by atoms with Gasteiger partial charge in [-0.05, 0) is 30.7 Å². The van der Waals surface area contributed by atoms with Crippen molar-refractivity contribution in [2.45, 2.75) is 45.4 Å². The van der Waals surface area contributed by atoms with Crippen LogP contribution in [0.1, 0.15) is 43.2 Å². The molecule has 1 N–H and O–H groups in total. The molecule has 0 bridgehead atoms. The molecule has 1 aliphatic carbocycles. The maximum atomic E-state index is 12.1. The third-order valence-corrected chi connectivity index (χ3v) is 5.53. The average Bonchev–Trinajstić information content (AvgIpc) is 2.49. The van der Waals surface area contributed by atoms with E-state index in [1.807, 2.05) is 12.1 Å². The smallest absolute Gasteiger partial charge is 0.224 e. The first-order chi connectivity index (χ1) is 9.63. The molecular formula is C17H24BrNO. The second-order valence-corrected chi connectivity index (χ2v) is 6.69. The lowest BCUT2D eigenvalue weighted by atomic mass is 9.75. The largest absolute Gasteiger partial charge is 0.355 e. The minimum absolute atomic E-state index is 0.139. The SMILES string of the molecule is Cc1ccc(CC(=O)NCC2(CBr)CCCCC2)cc1. The Hall–Kier alpha value is -0.830. The molecule has 1 aliphatic rings. The summed E-state index contributed by atoms with van der Waals surface area (Å²) in [6.07, 6.45) is 6.86. The van der Waals surface area contributed by atoms with Crippen molar-refractivity contribution in [3.8, 4) is 0 Å². The topological polar surface area (TPSA) is 29.1 Å². The zero-order chi connectivity index (χ0) is 14.4. The molecule has 0 spiro atoms. The van der Waals surface area contributed by atoms with E-state index in [0.717, 1.165) is 17.4 Å². The number of carbonyl (C=O) groups excluding carboxylic acids is 1. The quantitative estimate of drug-likeness (QED) is 0.808. The Kier molecular flexibility index (Phi) is 5.64. The predicted molar refractivity (Wildman–Crippen MR) is 87.2 cm³/mol. The molecule has 0 saturated heterocycles.